The van der Waals surface area contributed by atoms with E-state index in [1.54, 1.807) is 12.3 Å². The van der Waals surface area contributed by atoms with Gasteiger partial charge in [-0.25, -0.2) is 0 Å². The summed E-state index contributed by atoms with van der Waals surface area (Å²) in [4.78, 5) is 8.76. The molecule has 0 spiro atoms. The fraction of sp³-hybridized carbons (Fsp3) is 0.393. The smallest absolute Gasteiger partial charge is 0.121 e. The summed E-state index contributed by atoms with van der Waals surface area (Å²) in [6, 6.07) is 18.9. The maximum atomic E-state index is 10.4. The lowest BCUT2D eigenvalue weighted by Crippen LogP contribution is -2.47. The molecule has 1 atom stereocenters. The van der Waals surface area contributed by atoms with Crippen molar-refractivity contribution in [1.29, 1.82) is 0 Å². The number of nitrogens with zero attached hydrogens (tertiary/aromatic N) is 3. The summed E-state index contributed by atoms with van der Waals surface area (Å²) in [6.07, 6.45) is 1.22. The average molecular weight is 535 g/mol. The van der Waals surface area contributed by atoms with Crippen molar-refractivity contribution in [3.63, 3.8) is 0 Å². The van der Waals surface area contributed by atoms with Crippen molar-refractivity contribution in [2.24, 2.45) is 0 Å². The van der Waals surface area contributed by atoms with E-state index in [0.29, 0.717) is 17.3 Å². The molecule has 0 saturated carbocycles. The first-order valence-corrected chi connectivity index (χ1v) is 13.0. The number of hydrogen-bond donors (Lipinski definition) is 2. The zero-order valence-corrected chi connectivity index (χ0v) is 22.8. The highest BCUT2D eigenvalue weighted by Gasteiger charge is 2.21. The van der Waals surface area contributed by atoms with Gasteiger partial charge in [0.15, 0.2) is 0 Å². The van der Waals surface area contributed by atoms with Gasteiger partial charge in [-0.15, -0.1) is 0 Å². The Balaban J connectivity index is 0.000000431. The third kappa shape index (κ3) is 9.96. The van der Waals surface area contributed by atoms with E-state index >= 15 is 0 Å². The van der Waals surface area contributed by atoms with E-state index in [-0.39, 0.29) is 13.2 Å². The highest BCUT2D eigenvalue weighted by molar-refractivity contribution is 6.33. The van der Waals surface area contributed by atoms with Crippen molar-refractivity contribution < 1.29 is 14.9 Å². The minimum Gasteiger partial charge on any atom is -0.491 e. The Hall–Kier alpha value is -2.35. The van der Waals surface area contributed by atoms with Gasteiger partial charge in [0.1, 0.15) is 12.4 Å². The molecule has 4 rings (SSSR count). The average Bonchev–Trinajstić information content (AvgIpc) is 2.90. The minimum absolute atomic E-state index is 0.0220. The molecule has 1 saturated heterocycles. The van der Waals surface area contributed by atoms with Crippen LogP contribution >= 0.6 is 23.2 Å². The van der Waals surface area contributed by atoms with Crippen LogP contribution in [-0.2, 0) is 0 Å². The molecule has 8 heteroatoms. The topological polar surface area (TPSA) is 69.1 Å². The number of benzene rings is 2. The quantitative estimate of drug-likeness (QED) is 0.409. The molecule has 6 nitrogen and oxygen atoms in total. The zero-order chi connectivity index (χ0) is 26.3. The zero-order valence-electron chi connectivity index (χ0n) is 21.3. The number of hydrogen-bond acceptors (Lipinski definition) is 6. The first-order chi connectivity index (χ1) is 17.5. The van der Waals surface area contributed by atoms with E-state index in [1.807, 2.05) is 75.4 Å². The maximum absolute atomic E-state index is 10.4. The van der Waals surface area contributed by atoms with Crippen molar-refractivity contribution in [2.75, 3.05) is 50.8 Å². The van der Waals surface area contributed by atoms with Crippen LogP contribution in [0.15, 0.2) is 66.9 Å². The lowest BCUT2D eigenvalue weighted by atomic mass is 10.1. The van der Waals surface area contributed by atoms with Gasteiger partial charge in [0, 0.05) is 61.3 Å². The van der Waals surface area contributed by atoms with E-state index < -0.39 is 6.10 Å². The Morgan fingerprint density at radius 2 is 1.67 bits per heavy atom. The third-order valence-electron chi connectivity index (χ3n) is 5.48. The van der Waals surface area contributed by atoms with Crippen LogP contribution in [0.25, 0.3) is 0 Å². The second-order valence-corrected chi connectivity index (χ2v) is 8.86. The number of aryl methyl sites for hydroxylation is 1. The van der Waals surface area contributed by atoms with E-state index in [9.17, 15) is 5.11 Å². The van der Waals surface area contributed by atoms with Gasteiger partial charge in [0.25, 0.3) is 0 Å². The Morgan fingerprint density at radius 1 is 0.972 bits per heavy atom. The molecule has 2 aromatic carbocycles. The molecular weight excluding hydrogens is 497 g/mol. The molecule has 36 heavy (non-hydrogen) atoms. The summed E-state index contributed by atoms with van der Waals surface area (Å²) in [7, 11) is 0. The normalized spacial score (nSPS) is 14.1. The SMILES string of the molecule is CC.Cc1ccc(C(O)CN2CCN(c3ccc(OCCO)cc3Cl)CC2)cn1.Clc1ccccc1. The van der Waals surface area contributed by atoms with Gasteiger partial charge in [-0.1, -0.05) is 61.3 Å². The molecule has 0 aliphatic carbocycles. The predicted molar refractivity (Wildman–Crippen MR) is 149 cm³/mol. The van der Waals surface area contributed by atoms with Crippen LogP contribution in [0.5, 0.6) is 5.75 Å². The summed E-state index contributed by atoms with van der Waals surface area (Å²) < 4.78 is 5.39. The highest BCUT2D eigenvalue weighted by atomic mass is 35.5. The minimum atomic E-state index is -0.531. The fourth-order valence-electron chi connectivity index (χ4n) is 3.61. The van der Waals surface area contributed by atoms with Crippen molar-refractivity contribution in [3.05, 3.63) is 88.2 Å². The van der Waals surface area contributed by atoms with Crippen LogP contribution in [0, 0.1) is 6.92 Å². The van der Waals surface area contributed by atoms with Gasteiger partial charge in [0.2, 0.25) is 0 Å². The van der Waals surface area contributed by atoms with Gasteiger partial charge in [-0.05, 0) is 37.3 Å². The number of aliphatic hydroxyl groups is 2. The number of β-amino-alcohol motifs (C(OH)–C–C–N with tert-alkyl or cyclic N) is 1. The summed E-state index contributed by atoms with van der Waals surface area (Å²) >= 11 is 12.0. The van der Waals surface area contributed by atoms with Crippen LogP contribution < -0.4 is 9.64 Å². The van der Waals surface area contributed by atoms with Crippen molar-refractivity contribution >= 4 is 28.9 Å². The molecule has 1 fully saturated rings. The molecule has 1 aliphatic rings. The van der Waals surface area contributed by atoms with E-state index in [4.69, 9.17) is 33.0 Å². The van der Waals surface area contributed by atoms with E-state index in [0.717, 1.165) is 48.1 Å². The van der Waals surface area contributed by atoms with Crippen LogP contribution in [0.1, 0.15) is 31.2 Å². The first kappa shape index (κ1) is 29.9. The van der Waals surface area contributed by atoms with Crippen LogP contribution in [0.3, 0.4) is 0 Å². The molecule has 1 aromatic heterocycles. The molecule has 0 radical (unpaired) electrons. The lowest BCUT2D eigenvalue weighted by Gasteiger charge is -2.37. The van der Waals surface area contributed by atoms with Crippen molar-refractivity contribution in [2.45, 2.75) is 26.9 Å². The summed E-state index contributed by atoms with van der Waals surface area (Å²) in [5, 5.41) is 20.7. The van der Waals surface area contributed by atoms with E-state index in [2.05, 4.69) is 14.8 Å². The van der Waals surface area contributed by atoms with Gasteiger partial charge in [0.05, 0.1) is 23.4 Å². The van der Waals surface area contributed by atoms with Gasteiger partial charge in [-0.3, -0.25) is 9.88 Å². The summed E-state index contributed by atoms with van der Waals surface area (Å²) in [5.74, 6) is 0.659. The van der Waals surface area contributed by atoms with Gasteiger partial charge in [-0.2, -0.15) is 0 Å². The van der Waals surface area contributed by atoms with Gasteiger partial charge >= 0.3 is 0 Å². The molecule has 1 aliphatic heterocycles. The number of aliphatic hydroxyl groups excluding tert-OH is 2. The predicted octanol–water partition coefficient (Wildman–Crippen LogP) is 5.64. The van der Waals surface area contributed by atoms with Crippen LogP contribution in [-0.4, -0.2) is 66.0 Å². The summed E-state index contributed by atoms with van der Waals surface area (Å²) in [6.45, 7) is 10.2. The highest BCUT2D eigenvalue weighted by Crippen LogP contribution is 2.30. The molecular formula is C28H37Cl2N3O3. The molecule has 0 bridgehead atoms. The van der Waals surface area contributed by atoms with Crippen molar-refractivity contribution in [3.8, 4) is 5.75 Å². The van der Waals surface area contributed by atoms with Crippen LogP contribution in [0.4, 0.5) is 5.69 Å². The largest absolute Gasteiger partial charge is 0.491 e. The maximum Gasteiger partial charge on any atom is 0.121 e. The molecule has 196 valence electrons. The molecule has 2 heterocycles. The Bertz CT molecular complexity index is 999. The number of aromatic nitrogens is 1. The number of halogens is 2. The monoisotopic (exact) mass is 533 g/mol. The summed E-state index contributed by atoms with van der Waals surface area (Å²) in [5.41, 5.74) is 2.78. The van der Waals surface area contributed by atoms with Crippen LogP contribution in [0.2, 0.25) is 10.0 Å². The number of anilines is 1. The van der Waals surface area contributed by atoms with E-state index in [1.165, 1.54) is 0 Å². The lowest BCUT2D eigenvalue weighted by molar-refractivity contribution is 0.109. The third-order valence-corrected chi connectivity index (χ3v) is 6.03. The molecule has 1 unspecified atom stereocenters. The Labute approximate surface area is 225 Å². The van der Waals surface area contributed by atoms with Crippen molar-refractivity contribution in [1.82, 2.24) is 9.88 Å². The van der Waals surface area contributed by atoms with Gasteiger partial charge < -0.3 is 19.8 Å². The number of rotatable bonds is 7. The molecule has 3 aromatic rings. The second kappa shape index (κ2) is 16.4. The number of ether oxygens (including phenoxy) is 1. The number of pyridine rings is 1. The Morgan fingerprint density at radius 3 is 2.19 bits per heavy atom. The fourth-order valence-corrected chi connectivity index (χ4v) is 4.05. The molecule has 0 amide bonds. The molecule has 2 N–H and O–H groups in total. The second-order valence-electron chi connectivity index (χ2n) is 8.02. The number of piperazine rings is 1. The Kier molecular flexibility index (Phi) is 13.6. The standard InChI is InChI=1S/C20H26ClN3O3.C6H5Cl.C2H6/c1-15-2-3-16(13-22-15)20(26)14-23-6-8-24(9-7-23)19-5-4-17(12-18(19)21)27-11-10-25;7-6-4-2-1-3-5-6;1-2/h2-5,12-13,20,25-26H,6-11,14H2,1H3;1-5H;1-2H3. The first-order valence-electron chi connectivity index (χ1n) is 12.3.